The van der Waals surface area contributed by atoms with Gasteiger partial charge >= 0.3 is 11.9 Å². The first kappa shape index (κ1) is 17.2. The molecule has 0 aliphatic carbocycles. The van der Waals surface area contributed by atoms with Crippen LogP contribution in [-0.4, -0.2) is 43.6 Å². The van der Waals surface area contributed by atoms with Gasteiger partial charge in [-0.3, -0.25) is 5.43 Å². The minimum atomic E-state index is -0.728. The van der Waals surface area contributed by atoms with Gasteiger partial charge in [0.15, 0.2) is 0 Å². The topological polar surface area (TPSA) is 97.2 Å². The van der Waals surface area contributed by atoms with Crippen LogP contribution < -0.4 is 5.43 Å². The highest BCUT2D eigenvalue weighted by atomic mass is 16.5. The number of aliphatic hydroxyl groups excluding tert-OH is 1. The number of anilines is 1. The van der Waals surface area contributed by atoms with Gasteiger partial charge in [0.1, 0.15) is 0 Å². The largest absolute Gasteiger partial charge is 0.465 e. The lowest BCUT2D eigenvalue weighted by atomic mass is 10.2. The third-order valence-corrected chi connectivity index (χ3v) is 2.44. The molecule has 0 amide bonds. The highest BCUT2D eigenvalue weighted by Gasteiger charge is 2.12. The summed E-state index contributed by atoms with van der Waals surface area (Å²) in [5, 5.41) is 12.5. The first-order valence-corrected chi connectivity index (χ1v) is 6.33. The van der Waals surface area contributed by atoms with Crippen LogP contribution in [0.1, 0.15) is 16.8 Å². The highest BCUT2D eigenvalue weighted by Crippen LogP contribution is 2.15. The normalized spacial score (nSPS) is 10.2. The number of methoxy groups -OCH3 is 2. The van der Waals surface area contributed by atoms with Crippen LogP contribution in [0.2, 0.25) is 0 Å². The monoisotopic (exact) mass is 304 g/mol. The van der Waals surface area contributed by atoms with Gasteiger partial charge in [0.25, 0.3) is 0 Å². The zero-order chi connectivity index (χ0) is 16.4. The molecule has 1 rings (SSSR count). The SMILES string of the molecule is COC(=O)/C(C#CCCO)=N/Nc1ccccc1C(=O)OC. The fraction of sp³-hybridized carbons (Fsp3) is 0.267. The molecule has 0 saturated carbocycles. The molecule has 1 aromatic rings. The van der Waals surface area contributed by atoms with Crippen LogP contribution in [0.3, 0.4) is 0 Å². The standard InChI is InChI=1S/C15H16N2O5/c1-21-14(19)11-7-3-4-8-12(11)16-17-13(15(20)22-2)9-5-6-10-18/h3-4,7-8,16,18H,6,10H2,1-2H3/b17-13+. The van der Waals surface area contributed by atoms with E-state index < -0.39 is 11.9 Å². The Kier molecular flexibility index (Phi) is 7.16. The van der Waals surface area contributed by atoms with E-state index in [1.807, 2.05) is 0 Å². The van der Waals surface area contributed by atoms with Crippen molar-refractivity contribution in [1.29, 1.82) is 0 Å². The van der Waals surface area contributed by atoms with Crippen LogP contribution in [0.15, 0.2) is 29.4 Å². The third-order valence-electron chi connectivity index (χ3n) is 2.44. The number of nitrogens with one attached hydrogen (secondary N) is 1. The number of carbonyl (C=O) groups is 2. The molecule has 2 N–H and O–H groups in total. The van der Waals surface area contributed by atoms with Gasteiger partial charge in [0, 0.05) is 6.42 Å². The lowest BCUT2D eigenvalue weighted by Gasteiger charge is -2.07. The molecule has 22 heavy (non-hydrogen) atoms. The molecule has 0 fully saturated rings. The van der Waals surface area contributed by atoms with E-state index in [-0.39, 0.29) is 24.3 Å². The quantitative estimate of drug-likeness (QED) is 0.361. The van der Waals surface area contributed by atoms with Gasteiger partial charge in [-0.1, -0.05) is 18.1 Å². The van der Waals surface area contributed by atoms with Crippen molar-refractivity contribution in [2.75, 3.05) is 26.3 Å². The van der Waals surface area contributed by atoms with Crippen molar-refractivity contribution in [3.63, 3.8) is 0 Å². The minimum Gasteiger partial charge on any atom is -0.465 e. The molecule has 0 aliphatic rings. The molecule has 0 atom stereocenters. The van der Waals surface area contributed by atoms with Crippen molar-refractivity contribution < 1.29 is 24.2 Å². The Labute approximate surface area is 127 Å². The van der Waals surface area contributed by atoms with Crippen molar-refractivity contribution in [2.45, 2.75) is 6.42 Å². The summed E-state index contributed by atoms with van der Waals surface area (Å²) < 4.78 is 9.22. The number of para-hydroxylation sites is 1. The van der Waals surface area contributed by atoms with Gasteiger partial charge in [-0.15, -0.1) is 0 Å². The summed E-state index contributed by atoms with van der Waals surface area (Å²) in [7, 11) is 2.47. The Balaban J connectivity index is 3.03. The number of ether oxygens (including phenoxy) is 2. The smallest absolute Gasteiger partial charge is 0.367 e. The maximum absolute atomic E-state index is 11.6. The van der Waals surface area contributed by atoms with Crippen molar-refractivity contribution in [3.05, 3.63) is 29.8 Å². The van der Waals surface area contributed by atoms with E-state index in [0.29, 0.717) is 5.69 Å². The maximum atomic E-state index is 11.6. The van der Waals surface area contributed by atoms with Crippen molar-refractivity contribution in [1.82, 2.24) is 0 Å². The Bertz CT molecular complexity index is 628. The fourth-order valence-corrected chi connectivity index (χ4v) is 1.41. The molecule has 1 aromatic carbocycles. The second-order valence-electron chi connectivity index (χ2n) is 3.88. The van der Waals surface area contributed by atoms with Crippen molar-refractivity contribution in [3.8, 4) is 11.8 Å². The molecule has 7 heteroatoms. The molecule has 0 saturated heterocycles. The molecule has 116 valence electrons. The number of hydrazone groups is 1. The molecule has 0 bridgehead atoms. The number of hydrogen-bond donors (Lipinski definition) is 2. The molecular weight excluding hydrogens is 288 g/mol. The summed E-state index contributed by atoms with van der Waals surface area (Å²) in [4.78, 5) is 23.2. The van der Waals surface area contributed by atoms with E-state index in [4.69, 9.17) is 5.11 Å². The predicted octanol–water partition coefficient (Wildman–Crippen LogP) is 0.800. The van der Waals surface area contributed by atoms with E-state index in [1.54, 1.807) is 24.3 Å². The van der Waals surface area contributed by atoms with E-state index in [9.17, 15) is 9.59 Å². The molecule has 0 aromatic heterocycles. The van der Waals surface area contributed by atoms with Crippen LogP contribution in [0.4, 0.5) is 5.69 Å². The summed E-state index contributed by atoms with van der Waals surface area (Å²) in [6, 6.07) is 6.52. The van der Waals surface area contributed by atoms with Gasteiger partial charge in [-0.05, 0) is 18.1 Å². The number of aliphatic hydroxyl groups is 1. The molecule has 7 nitrogen and oxygen atoms in total. The Hall–Kier alpha value is -2.85. The van der Waals surface area contributed by atoms with Crippen LogP contribution in [0.5, 0.6) is 0 Å². The zero-order valence-electron chi connectivity index (χ0n) is 12.3. The first-order valence-electron chi connectivity index (χ1n) is 6.33. The fourth-order valence-electron chi connectivity index (χ4n) is 1.41. The average molecular weight is 304 g/mol. The number of nitrogens with zero attached hydrogens (tertiary/aromatic N) is 1. The summed E-state index contributed by atoms with van der Waals surface area (Å²) in [5.74, 6) is 3.80. The van der Waals surface area contributed by atoms with Crippen LogP contribution in [-0.2, 0) is 14.3 Å². The predicted molar refractivity (Wildman–Crippen MR) is 80.3 cm³/mol. The van der Waals surface area contributed by atoms with Crippen LogP contribution in [0.25, 0.3) is 0 Å². The van der Waals surface area contributed by atoms with E-state index in [1.165, 1.54) is 14.2 Å². The summed E-state index contributed by atoms with van der Waals surface area (Å²) >= 11 is 0. The van der Waals surface area contributed by atoms with Gasteiger partial charge in [0.05, 0.1) is 32.1 Å². The molecule has 0 aliphatic heterocycles. The summed E-state index contributed by atoms with van der Waals surface area (Å²) in [6.07, 6.45) is 0.203. The molecular formula is C15H16N2O5. The van der Waals surface area contributed by atoms with Crippen LogP contribution in [0, 0.1) is 11.8 Å². The number of benzene rings is 1. The Morgan fingerprint density at radius 3 is 2.64 bits per heavy atom. The molecule has 0 unspecified atom stereocenters. The van der Waals surface area contributed by atoms with Crippen molar-refractivity contribution >= 4 is 23.3 Å². The molecule has 0 spiro atoms. The van der Waals surface area contributed by atoms with Gasteiger partial charge in [-0.25, -0.2) is 9.59 Å². The van der Waals surface area contributed by atoms with E-state index in [0.717, 1.165) is 0 Å². The maximum Gasteiger partial charge on any atom is 0.367 e. The Morgan fingerprint density at radius 1 is 1.27 bits per heavy atom. The van der Waals surface area contributed by atoms with Gasteiger partial charge < -0.3 is 14.6 Å². The van der Waals surface area contributed by atoms with Gasteiger partial charge in [0.2, 0.25) is 5.71 Å². The van der Waals surface area contributed by atoms with E-state index >= 15 is 0 Å². The third kappa shape index (κ3) is 4.92. The second kappa shape index (κ2) is 9.15. The highest BCUT2D eigenvalue weighted by molar-refractivity contribution is 6.43. The second-order valence-corrected chi connectivity index (χ2v) is 3.88. The average Bonchev–Trinajstić information content (AvgIpc) is 2.56. The van der Waals surface area contributed by atoms with E-state index in [2.05, 4.69) is 31.8 Å². The number of rotatable bonds is 5. The first-order chi connectivity index (χ1) is 10.6. The lowest BCUT2D eigenvalue weighted by molar-refractivity contribution is -0.132. The van der Waals surface area contributed by atoms with Crippen LogP contribution >= 0.6 is 0 Å². The summed E-state index contributed by atoms with van der Waals surface area (Å²) in [6.45, 7) is -0.125. The number of carbonyl (C=O) groups excluding carboxylic acids is 2. The molecule has 0 radical (unpaired) electrons. The lowest BCUT2D eigenvalue weighted by Crippen LogP contribution is -2.16. The zero-order valence-corrected chi connectivity index (χ0v) is 12.3. The van der Waals surface area contributed by atoms with Gasteiger partial charge in [-0.2, -0.15) is 5.10 Å². The number of esters is 2. The number of hydrogen-bond acceptors (Lipinski definition) is 7. The van der Waals surface area contributed by atoms with Crippen molar-refractivity contribution in [2.24, 2.45) is 5.10 Å². The Morgan fingerprint density at radius 2 is 2.00 bits per heavy atom. The minimum absolute atomic E-state index is 0.125. The summed E-state index contributed by atoms with van der Waals surface area (Å²) in [5.41, 5.74) is 3.05. The molecule has 0 heterocycles.